The standard InChI is InChI=1S/C29H41NO6SSi/c1-28(2,3)38(6,7)36-26-17-23(18-26)13-14-25-19-24(30-35-25)15-16-29(4,37(5,32)33)20-27(31)34-21-22-11-9-8-10-12-22/h8-12,19,23,26H,15-18,20-21H2,1-7H3. The van der Waals surface area contributed by atoms with Crippen LogP contribution in [-0.4, -0.2) is 45.0 Å². The molecule has 7 nitrogen and oxygen atoms in total. The lowest BCUT2D eigenvalue weighted by Crippen LogP contribution is -2.47. The molecule has 0 spiro atoms. The maximum atomic E-state index is 12.6. The summed E-state index contributed by atoms with van der Waals surface area (Å²) in [6.07, 6.45) is 3.59. The van der Waals surface area contributed by atoms with Crippen LogP contribution in [0.3, 0.4) is 0 Å². The molecule has 9 heteroatoms. The van der Waals surface area contributed by atoms with Crippen LogP contribution >= 0.6 is 0 Å². The average molecular weight is 560 g/mol. The van der Waals surface area contributed by atoms with Crippen molar-refractivity contribution in [1.29, 1.82) is 0 Å². The number of carbonyl (C=O) groups excluding carboxylic acids is 1. The summed E-state index contributed by atoms with van der Waals surface area (Å²) in [5, 5.41) is 4.25. The predicted molar refractivity (Wildman–Crippen MR) is 151 cm³/mol. The molecule has 1 aliphatic carbocycles. The molecule has 0 saturated heterocycles. The summed E-state index contributed by atoms with van der Waals surface area (Å²) >= 11 is 0. The molecule has 1 saturated carbocycles. The molecule has 0 amide bonds. The maximum Gasteiger partial charge on any atom is 0.307 e. The van der Waals surface area contributed by atoms with Crippen LogP contribution in [0.1, 0.15) is 70.4 Å². The van der Waals surface area contributed by atoms with Crippen molar-refractivity contribution in [3.8, 4) is 11.8 Å². The molecule has 1 unspecified atom stereocenters. The van der Waals surface area contributed by atoms with Gasteiger partial charge in [-0.05, 0) is 62.2 Å². The Labute approximate surface area is 228 Å². The van der Waals surface area contributed by atoms with Crippen LogP contribution in [0, 0.1) is 17.8 Å². The van der Waals surface area contributed by atoms with E-state index < -0.39 is 28.9 Å². The molecule has 2 aromatic rings. The van der Waals surface area contributed by atoms with E-state index in [1.54, 1.807) is 13.0 Å². The summed E-state index contributed by atoms with van der Waals surface area (Å²) in [6, 6.07) is 11.0. The largest absolute Gasteiger partial charge is 0.461 e. The Balaban J connectivity index is 1.51. The summed E-state index contributed by atoms with van der Waals surface area (Å²) in [6.45, 7) is 12.9. The van der Waals surface area contributed by atoms with E-state index in [-0.39, 0.29) is 36.5 Å². The van der Waals surface area contributed by atoms with Crippen LogP contribution in [-0.2, 0) is 36.8 Å². The molecule has 0 N–H and O–H groups in total. The fraction of sp³-hybridized carbons (Fsp3) is 0.586. The van der Waals surface area contributed by atoms with Gasteiger partial charge in [-0.25, -0.2) is 8.42 Å². The lowest BCUT2D eigenvalue weighted by molar-refractivity contribution is -0.145. The molecule has 208 valence electrons. The Kier molecular flexibility index (Phi) is 9.33. The predicted octanol–water partition coefficient (Wildman–Crippen LogP) is 5.70. The molecule has 1 fully saturated rings. The van der Waals surface area contributed by atoms with E-state index in [4.69, 9.17) is 13.7 Å². The number of nitrogens with zero attached hydrogens (tertiary/aromatic N) is 1. The van der Waals surface area contributed by atoms with Gasteiger partial charge in [-0.3, -0.25) is 4.79 Å². The zero-order valence-corrected chi connectivity index (χ0v) is 25.5. The smallest absolute Gasteiger partial charge is 0.307 e. The van der Waals surface area contributed by atoms with E-state index in [0.717, 1.165) is 24.7 Å². The third-order valence-corrected chi connectivity index (χ3v) is 14.6. The molecule has 3 rings (SSSR count). The number of ether oxygens (including phenoxy) is 1. The first-order chi connectivity index (χ1) is 17.6. The van der Waals surface area contributed by atoms with Gasteiger partial charge in [0.2, 0.25) is 5.76 Å². The first-order valence-corrected chi connectivity index (χ1v) is 17.9. The zero-order chi connectivity index (χ0) is 28.2. The van der Waals surface area contributed by atoms with Crippen LogP contribution in [0.15, 0.2) is 40.9 Å². The molecule has 0 radical (unpaired) electrons. The van der Waals surface area contributed by atoms with E-state index in [0.29, 0.717) is 17.9 Å². The normalized spacial score (nSPS) is 19.6. The first-order valence-electron chi connectivity index (χ1n) is 13.1. The Bertz CT molecular complexity index is 1260. The molecular weight excluding hydrogens is 518 g/mol. The van der Waals surface area contributed by atoms with Gasteiger partial charge in [0, 0.05) is 24.3 Å². The third kappa shape index (κ3) is 8.04. The number of benzene rings is 1. The summed E-state index contributed by atoms with van der Waals surface area (Å²) in [5.74, 6) is 6.48. The van der Waals surface area contributed by atoms with E-state index >= 15 is 0 Å². The number of carbonyl (C=O) groups is 1. The molecular formula is C29H41NO6SSi. The van der Waals surface area contributed by atoms with E-state index in [9.17, 15) is 13.2 Å². The summed E-state index contributed by atoms with van der Waals surface area (Å²) in [7, 11) is -5.32. The minimum Gasteiger partial charge on any atom is -0.461 e. The Morgan fingerprint density at radius 2 is 1.82 bits per heavy atom. The van der Waals surface area contributed by atoms with Gasteiger partial charge in [-0.1, -0.05) is 62.2 Å². The van der Waals surface area contributed by atoms with Crippen LogP contribution in [0.4, 0.5) is 0 Å². The van der Waals surface area contributed by atoms with Crippen LogP contribution in [0.2, 0.25) is 18.1 Å². The van der Waals surface area contributed by atoms with Crippen molar-refractivity contribution >= 4 is 24.1 Å². The SMILES string of the molecule is CC(C)(C)[Si](C)(C)OC1CC(C#Cc2cc(CCC(C)(CC(=O)OCc3ccccc3)S(C)(=O)=O)no2)C1. The Morgan fingerprint density at radius 3 is 2.42 bits per heavy atom. The number of aryl methyl sites for hydroxylation is 1. The third-order valence-electron chi connectivity index (χ3n) is 7.89. The van der Waals surface area contributed by atoms with Gasteiger partial charge in [0.25, 0.3) is 0 Å². The van der Waals surface area contributed by atoms with Gasteiger partial charge in [-0.15, -0.1) is 0 Å². The van der Waals surface area contributed by atoms with Crippen LogP contribution in [0.5, 0.6) is 0 Å². The first kappa shape index (κ1) is 30.1. The van der Waals surface area contributed by atoms with E-state index in [1.165, 1.54) is 0 Å². The van der Waals surface area contributed by atoms with Crippen molar-refractivity contribution in [2.45, 2.75) is 95.4 Å². The number of esters is 1. The second-order valence-corrected chi connectivity index (χ2v) is 19.5. The van der Waals surface area contributed by atoms with Crippen molar-refractivity contribution in [2.24, 2.45) is 5.92 Å². The van der Waals surface area contributed by atoms with Gasteiger partial charge in [0.1, 0.15) is 6.61 Å². The molecule has 1 atom stereocenters. The summed E-state index contributed by atoms with van der Waals surface area (Å²) in [4.78, 5) is 12.5. The molecule has 38 heavy (non-hydrogen) atoms. The minimum atomic E-state index is -3.55. The quantitative estimate of drug-likeness (QED) is 0.209. The summed E-state index contributed by atoms with van der Waals surface area (Å²) in [5.41, 5.74) is 1.45. The molecule has 1 aliphatic rings. The van der Waals surface area contributed by atoms with Crippen molar-refractivity contribution in [3.05, 3.63) is 53.4 Å². The number of hydrogen-bond donors (Lipinski definition) is 0. The lowest BCUT2D eigenvalue weighted by Gasteiger charge is -2.43. The molecule has 1 aromatic heterocycles. The number of hydrogen-bond acceptors (Lipinski definition) is 7. The second-order valence-electron chi connectivity index (χ2n) is 12.2. The summed E-state index contributed by atoms with van der Waals surface area (Å²) < 4.78 is 41.0. The fourth-order valence-corrected chi connectivity index (χ4v) is 6.16. The molecule has 1 heterocycles. The van der Waals surface area contributed by atoms with Crippen molar-refractivity contribution in [2.75, 3.05) is 6.26 Å². The average Bonchev–Trinajstić information content (AvgIpc) is 3.25. The highest BCUT2D eigenvalue weighted by Gasteiger charge is 2.42. The highest BCUT2D eigenvalue weighted by atomic mass is 32.2. The Hall–Kier alpha value is -2.41. The number of rotatable bonds is 10. The Morgan fingerprint density at radius 1 is 1.16 bits per heavy atom. The van der Waals surface area contributed by atoms with E-state index in [1.807, 2.05) is 30.3 Å². The van der Waals surface area contributed by atoms with Gasteiger partial charge in [0.05, 0.1) is 16.9 Å². The maximum absolute atomic E-state index is 12.6. The van der Waals surface area contributed by atoms with Crippen molar-refractivity contribution in [3.63, 3.8) is 0 Å². The number of aromatic nitrogens is 1. The zero-order valence-electron chi connectivity index (χ0n) is 23.7. The van der Waals surface area contributed by atoms with Crippen molar-refractivity contribution in [1.82, 2.24) is 5.16 Å². The monoisotopic (exact) mass is 559 g/mol. The fourth-order valence-electron chi connectivity index (χ4n) is 3.93. The molecule has 1 aromatic carbocycles. The van der Waals surface area contributed by atoms with Gasteiger partial charge in [0.15, 0.2) is 18.2 Å². The molecule has 0 aliphatic heterocycles. The topological polar surface area (TPSA) is 95.7 Å². The van der Waals surface area contributed by atoms with E-state index in [2.05, 4.69) is 50.9 Å². The second kappa shape index (κ2) is 11.8. The lowest BCUT2D eigenvalue weighted by atomic mass is 9.83. The molecule has 0 bridgehead atoms. The highest BCUT2D eigenvalue weighted by molar-refractivity contribution is 7.92. The van der Waals surface area contributed by atoms with Crippen LogP contribution < -0.4 is 0 Å². The van der Waals surface area contributed by atoms with Crippen LogP contribution in [0.25, 0.3) is 0 Å². The van der Waals surface area contributed by atoms with Gasteiger partial charge >= 0.3 is 5.97 Å². The number of sulfone groups is 1. The minimum absolute atomic E-state index is 0.106. The van der Waals surface area contributed by atoms with Gasteiger partial charge in [-0.2, -0.15) is 0 Å². The van der Waals surface area contributed by atoms with Gasteiger partial charge < -0.3 is 13.7 Å². The van der Waals surface area contributed by atoms with Crippen molar-refractivity contribution < 1.29 is 26.9 Å². The highest BCUT2D eigenvalue weighted by Crippen LogP contribution is 2.41.